The molecule has 5 nitrogen and oxygen atoms in total. The predicted molar refractivity (Wildman–Crippen MR) is 84.6 cm³/mol. The molecule has 2 amide bonds. The highest BCUT2D eigenvalue weighted by Crippen LogP contribution is 2.40. The Balaban J connectivity index is 2.11. The number of benzene rings is 1. The lowest BCUT2D eigenvalue weighted by Gasteiger charge is -2.30. The minimum Gasteiger partial charge on any atom is -0.316 e. The van der Waals surface area contributed by atoms with Gasteiger partial charge in [0.15, 0.2) is 0 Å². The van der Waals surface area contributed by atoms with E-state index in [1.807, 2.05) is 5.32 Å². The molecule has 1 aliphatic heterocycles. The van der Waals surface area contributed by atoms with Crippen molar-refractivity contribution in [1.82, 2.24) is 10.2 Å². The third-order valence-corrected chi connectivity index (χ3v) is 4.24. The van der Waals surface area contributed by atoms with Crippen molar-refractivity contribution in [3.05, 3.63) is 35.9 Å². The van der Waals surface area contributed by atoms with Gasteiger partial charge in [-0.15, -0.1) is 0 Å². The number of alkyl halides is 3. The minimum absolute atomic E-state index is 0.0889. The smallest absolute Gasteiger partial charge is 0.316 e. The maximum atomic E-state index is 13.9. The van der Waals surface area contributed by atoms with Gasteiger partial charge in [-0.2, -0.15) is 13.2 Å². The highest BCUT2D eigenvalue weighted by Gasteiger charge is 2.67. The van der Waals surface area contributed by atoms with Crippen molar-refractivity contribution in [2.45, 2.75) is 44.6 Å². The number of hydrogen-bond donors (Lipinski definition) is 1. The van der Waals surface area contributed by atoms with E-state index < -0.39 is 35.6 Å². The van der Waals surface area contributed by atoms with E-state index in [-0.39, 0.29) is 5.84 Å². The molecule has 1 atom stereocenters. The molecular weight excluding hydrogens is 335 g/mol. The van der Waals surface area contributed by atoms with E-state index in [0.29, 0.717) is 18.4 Å². The second-order valence-corrected chi connectivity index (χ2v) is 6.54. The molecule has 1 aromatic carbocycles. The van der Waals surface area contributed by atoms with Crippen molar-refractivity contribution in [3.8, 4) is 0 Å². The second-order valence-electron chi connectivity index (χ2n) is 6.54. The molecule has 1 heterocycles. The summed E-state index contributed by atoms with van der Waals surface area (Å²) in [4.78, 5) is 29.5. The Morgan fingerprint density at radius 3 is 2.36 bits per heavy atom. The normalized spacial score (nSPS) is 23.8. The molecule has 0 aromatic heterocycles. The molecule has 0 radical (unpaired) electrons. The fourth-order valence-corrected chi connectivity index (χ4v) is 2.76. The van der Waals surface area contributed by atoms with Gasteiger partial charge >= 0.3 is 11.8 Å². The molecule has 1 saturated carbocycles. The van der Waals surface area contributed by atoms with Crippen molar-refractivity contribution >= 4 is 17.6 Å². The molecule has 2 aliphatic rings. The molecule has 134 valence electrons. The van der Waals surface area contributed by atoms with Gasteiger partial charge in [-0.25, -0.2) is 4.99 Å². The SMILES string of the molecule is CC(C)N1C(=O)[C@](NC(=O)C2CC2)(C(F)(F)F)N=C1c1ccccc1. The number of nitrogens with zero attached hydrogens (tertiary/aromatic N) is 2. The van der Waals surface area contributed by atoms with Crippen molar-refractivity contribution in [1.29, 1.82) is 0 Å². The van der Waals surface area contributed by atoms with Crippen LogP contribution in [0.5, 0.6) is 0 Å². The Bertz CT molecular complexity index is 726. The fourth-order valence-electron chi connectivity index (χ4n) is 2.76. The zero-order chi connectivity index (χ0) is 18.4. The predicted octanol–water partition coefficient (Wildman–Crippen LogP) is 2.47. The molecule has 3 rings (SSSR count). The standard InChI is InChI=1S/C17H18F3N3O2/c1-10(2)23-13(11-6-4-3-5-7-11)21-16(15(23)25,17(18,19)20)22-14(24)12-8-9-12/h3-7,10,12H,8-9H2,1-2H3,(H,22,24)/t16-/m0/s1. The van der Waals surface area contributed by atoms with Crippen LogP contribution in [-0.2, 0) is 9.59 Å². The molecule has 1 aliphatic carbocycles. The number of amides is 2. The molecule has 0 unspecified atom stereocenters. The van der Waals surface area contributed by atoms with Crippen molar-refractivity contribution in [3.63, 3.8) is 0 Å². The van der Waals surface area contributed by atoms with Gasteiger partial charge in [0.2, 0.25) is 5.91 Å². The first kappa shape index (κ1) is 17.4. The summed E-state index contributed by atoms with van der Waals surface area (Å²) in [6.07, 6.45) is -3.99. The summed E-state index contributed by atoms with van der Waals surface area (Å²) < 4.78 is 41.6. The highest BCUT2D eigenvalue weighted by molar-refractivity contribution is 6.16. The zero-order valence-corrected chi connectivity index (χ0v) is 13.8. The summed E-state index contributed by atoms with van der Waals surface area (Å²) in [5, 5.41) is 1.89. The molecular formula is C17H18F3N3O2. The average Bonchev–Trinajstić information content (AvgIpc) is 3.33. The fraction of sp³-hybridized carbons (Fsp3) is 0.471. The van der Waals surface area contributed by atoms with Gasteiger partial charge < -0.3 is 5.32 Å². The van der Waals surface area contributed by atoms with Crippen LogP contribution in [0.2, 0.25) is 0 Å². The van der Waals surface area contributed by atoms with Gasteiger partial charge in [0.1, 0.15) is 5.84 Å². The van der Waals surface area contributed by atoms with Gasteiger partial charge in [-0.05, 0) is 26.7 Å². The molecule has 1 N–H and O–H groups in total. The van der Waals surface area contributed by atoms with Gasteiger partial charge in [-0.1, -0.05) is 30.3 Å². The molecule has 0 saturated heterocycles. The number of carbonyl (C=O) groups is 2. The topological polar surface area (TPSA) is 61.8 Å². The Kier molecular flexibility index (Phi) is 4.09. The number of rotatable bonds is 4. The van der Waals surface area contributed by atoms with Crippen LogP contribution >= 0.6 is 0 Å². The first-order valence-corrected chi connectivity index (χ1v) is 8.05. The van der Waals surface area contributed by atoms with E-state index in [4.69, 9.17) is 0 Å². The van der Waals surface area contributed by atoms with E-state index in [1.54, 1.807) is 44.2 Å². The van der Waals surface area contributed by atoms with Crippen molar-refractivity contribution in [2.75, 3.05) is 0 Å². The van der Waals surface area contributed by atoms with Gasteiger partial charge in [0, 0.05) is 17.5 Å². The quantitative estimate of drug-likeness (QED) is 0.904. The first-order valence-electron chi connectivity index (χ1n) is 8.05. The minimum atomic E-state index is -5.04. The van der Waals surface area contributed by atoms with Crippen LogP contribution in [0.1, 0.15) is 32.3 Å². The monoisotopic (exact) mass is 353 g/mol. The van der Waals surface area contributed by atoms with E-state index >= 15 is 0 Å². The van der Waals surface area contributed by atoms with Gasteiger partial charge in [0.05, 0.1) is 0 Å². The Morgan fingerprint density at radius 2 is 1.88 bits per heavy atom. The Hall–Kier alpha value is -2.38. The maximum absolute atomic E-state index is 13.9. The molecule has 8 heteroatoms. The molecule has 0 bridgehead atoms. The summed E-state index contributed by atoms with van der Waals surface area (Å²) in [6.45, 7) is 3.21. The molecule has 1 fully saturated rings. The van der Waals surface area contributed by atoms with Crippen LogP contribution in [0.25, 0.3) is 0 Å². The Labute approximate surface area is 142 Å². The van der Waals surface area contributed by atoms with E-state index in [9.17, 15) is 22.8 Å². The van der Waals surface area contributed by atoms with E-state index in [1.165, 1.54) is 0 Å². The maximum Gasteiger partial charge on any atom is 0.442 e. The number of hydrogen-bond acceptors (Lipinski definition) is 3. The number of nitrogens with one attached hydrogen (secondary N) is 1. The Morgan fingerprint density at radius 1 is 1.28 bits per heavy atom. The second kappa shape index (κ2) is 5.86. The summed E-state index contributed by atoms with van der Waals surface area (Å²) in [5.41, 5.74) is -2.88. The summed E-state index contributed by atoms with van der Waals surface area (Å²) in [6, 6.07) is 7.63. The molecule has 25 heavy (non-hydrogen) atoms. The molecule has 1 aromatic rings. The van der Waals surface area contributed by atoms with Crippen molar-refractivity contribution < 1.29 is 22.8 Å². The molecule has 0 spiro atoms. The lowest BCUT2D eigenvalue weighted by Crippen LogP contribution is -2.64. The van der Waals surface area contributed by atoms with Crippen molar-refractivity contribution in [2.24, 2.45) is 10.9 Å². The largest absolute Gasteiger partial charge is 0.442 e. The average molecular weight is 353 g/mol. The van der Waals surface area contributed by atoms with Gasteiger partial charge in [-0.3, -0.25) is 14.5 Å². The third-order valence-electron chi connectivity index (χ3n) is 4.24. The van der Waals surface area contributed by atoms with Crippen LogP contribution in [0.3, 0.4) is 0 Å². The first-order chi connectivity index (χ1) is 11.7. The summed E-state index contributed by atoms with van der Waals surface area (Å²) in [7, 11) is 0. The summed E-state index contributed by atoms with van der Waals surface area (Å²) in [5.74, 6) is -2.63. The van der Waals surface area contributed by atoms with Crippen LogP contribution < -0.4 is 5.32 Å². The summed E-state index contributed by atoms with van der Waals surface area (Å²) >= 11 is 0. The highest BCUT2D eigenvalue weighted by atomic mass is 19.4. The zero-order valence-electron chi connectivity index (χ0n) is 13.8. The lowest BCUT2D eigenvalue weighted by molar-refractivity contribution is -0.200. The number of carbonyl (C=O) groups excluding carboxylic acids is 2. The number of amidine groups is 1. The van der Waals surface area contributed by atoms with E-state index in [2.05, 4.69) is 4.99 Å². The number of halogens is 3. The van der Waals surface area contributed by atoms with Gasteiger partial charge in [0.25, 0.3) is 5.91 Å². The lowest BCUT2D eigenvalue weighted by atomic mass is 10.1. The number of aliphatic imine (C=N–C) groups is 1. The van der Waals surface area contributed by atoms with E-state index in [0.717, 1.165) is 4.90 Å². The van der Waals surface area contributed by atoms with Crippen LogP contribution in [-0.4, -0.2) is 40.4 Å². The van der Waals surface area contributed by atoms with Crippen LogP contribution in [0.4, 0.5) is 13.2 Å². The van der Waals surface area contributed by atoms with Crippen LogP contribution in [0.15, 0.2) is 35.3 Å². The van der Waals surface area contributed by atoms with Crippen LogP contribution in [0, 0.1) is 5.92 Å². The third kappa shape index (κ3) is 2.89.